The minimum absolute atomic E-state index is 0.00304. The predicted octanol–water partition coefficient (Wildman–Crippen LogP) is 6.51. The molecule has 4 aromatic rings. The number of anilines is 2. The molecule has 0 heterocycles. The molecule has 0 aliphatic heterocycles. The summed E-state index contributed by atoms with van der Waals surface area (Å²) < 4.78 is 21.6. The molecule has 0 radical (unpaired) electrons. The first-order chi connectivity index (χ1) is 23.9. The number of carbonyl (C=O) groups excluding carboxylic acids is 3. The zero-order valence-corrected chi connectivity index (χ0v) is 28.2. The summed E-state index contributed by atoms with van der Waals surface area (Å²) in [4.78, 5) is 36.7. The summed E-state index contributed by atoms with van der Waals surface area (Å²) in [5.41, 5.74) is 6.58. The Bertz CT molecular complexity index is 1690. The van der Waals surface area contributed by atoms with E-state index in [0.29, 0.717) is 27.0 Å². The minimum Gasteiger partial charge on any atom is -0.464 e. The van der Waals surface area contributed by atoms with Crippen LogP contribution >= 0.6 is 23.2 Å². The number of carbonyl (C=O) groups is 3. The molecule has 0 atom stereocenters. The SMILES string of the molecule is O=C(COCCOCCNC(=O)OCC1c2ccccc2-c2ccccc21)NCCOC(=O)Cc1ccccc1Nc1c(Cl)cccc1Cl. The summed E-state index contributed by atoms with van der Waals surface area (Å²) in [6.07, 6.45) is -0.492. The number of hydrogen-bond acceptors (Lipinski definition) is 8. The highest BCUT2D eigenvalue weighted by Gasteiger charge is 2.29. The second-order valence-corrected chi connectivity index (χ2v) is 11.9. The number of hydrogen-bond donors (Lipinski definition) is 3. The van der Waals surface area contributed by atoms with Crippen molar-refractivity contribution in [1.82, 2.24) is 10.6 Å². The second kappa shape index (κ2) is 18.2. The first-order valence-electron chi connectivity index (χ1n) is 15.9. The maximum Gasteiger partial charge on any atom is 0.407 e. The maximum atomic E-state index is 12.4. The third-order valence-corrected chi connectivity index (χ3v) is 8.36. The summed E-state index contributed by atoms with van der Waals surface area (Å²) in [5, 5.41) is 9.43. The van der Waals surface area contributed by atoms with Gasteiger partial charge in [-0.05, 0) is 46.0 Å². The normalized spacial score (nSPS) is 11.7. The summed E-state index contributed by atoms with van der Waals surface area (Å²) in [5.74, 6) is -0.800. The van der Waals surface area contributed by atoms with Gasteiger partial charge in [-0.3, -0.25) is 9.59 Å². The molecule has 0 saturated heterocycles. The number of alkyl carbamates (subject to hydrolysis) is 1. The molecule has 1 aliphatic rings. The number of nitrogens with one attached hydrogen (secondary N) is 3. The molecule has 0 saturated carbocycles. The van der Waals surface area contributed by atoms with E-state index in [1.165, 1.54) is 11.1 Å². The van der Waals surface area contributed by atoms with E-state index < -0.39 is 12.1 Å². The molecule has 5 rings (SSSR count). The lowest BCUT2D eigenvalue weighted by atomic mass is 9.98. The molecule has 0 aromatic heterocycles. The molecule has 0 bridgehead atoms. The van der Waals surface area contributed by atoms with Gasteiger partial charge in [0, 0.05) is 18.2 Å². The van der Waals surface area contributed by atoms with Gasteiger partial charge < -0.3 is 34.9 Å². The van der Waals surface area contributed by atoms with E-state index in [0.717, 1.165) is 11.1 Å². The van der Waals surface area contributed by atoms with Crippen LogP contribution in [0.15, 0.2) is 91.0 Å². The van der Waals surface area contributed by atoms with Crippen molar-refractivity contribution < 1.29 is 33.3 Å². The van der Waals surface area contributed by atoms with Gasteiger partial charge in [0.2, 0.25) is 5.91 Å². The molecule has 256 valence electrons. The molecule has 2 amide bonds. The molecular formula is C37H37Cl2N3O7. The van der Waals surface area contributed by atoms with Crippen LogP contribution in [0, 0.1) is 0 Å². The second-order valence-electron chi connectivity index (χ2n) is 11.0. The Kier molecular flexibility index (Phi) is 13.3. The Morgan fingerprint density at radius 3 is 2.02 bits per heavy atom. The van der Waals surface area contributed by atoms with E-state index in [-0.39, 0.29) is 71.0 Å². The van der Waals surface area contributed by atoms with Gasteiger partial charge in [0.05, 0.1) is 48.5 Å². The van der Waals surface area contributed by atoms with Crippen molar-refractivity contribution >= 4 is 52.5 Å². The van der Waals surface area contributed by atoms with Gasteiger partial charge in [-0.15, -0.1) is 0 Å². The van der Waals surface area contributed by atoms with Gasteiger partial charge >= 0.3 is 12.1 Å². The number of amides is 2. The first kappa shape index (κ1) is 35.7. The van der Waals surface area contributed by atoms with Gasteiger partial charge in [0.1, 0.15) is 19.8 Å². The Morgan fingerprint density at radius 2 is 1.29 bits per heavy atom. The third-order valence-electron chi connectivity index (χ3n) is 7.73. The van der Waals surface area contributed by atoms with E-state index in [1.54, 1.807) is 24.3 Å². The number of fused-ring (bicyclic) bond motifs is 3. The van der Waals surface area contributed by atoms with Crippen molar-refractivity contribution in [2.45, 2.75) is 12.3 Å². The summed E-state index contributed by atoms with van der Waals surface area (Å²) in [7, 11) is 0. The van der Waals surface area contributed by atoms with Crippen LogP contribution in [0.2, 0.25) is 10.0 Å². The number of ether oxygens (including phenoxy) is 4. The number of benzene rings is 4. The molecule has 4 aromatic carbocycles. The van der Waals surface area contributed by atoms with Gasteiger partial charge in [0.15, 0.2) is 0 Å². The monoisotopic (exact) mass is 705 g/mol. The van der Waals surface area contributed by atoms with E-state index in [1.807, 2.05) is 42.5 Å². The summed E-state index contributed by atoms with van der Waals surface area (Å²) in [6, 6.07) is 28.8. The van der Waals surface area contributed by atoms with Gasteiger partial charge in [0.25, 0.3) is 0 Å². The highest BCUT2D eigenvalue weighted by atomic mass is 35.5. The van der Waals surface area contributed by atoms with Crippen LogP contribution in [0.5, 0.6) is 0 Å². The Hall–Kier alpha value is -4.61. The molecular weight excluding hydrogens is 669 g/mol. The molecule has 0 spiro atoms. The van der Waals surface area contributed by atoms with Crippen molar-refractivity contribution in [2.75, 3.05) is 58.0 Å². The molecule has 0 fully saturated rings. The van der Waals surface area contributed by atoms with Crippen LogP contribution in [0.3, 0.4) is 0 Å². The van der Waals surface area contributed by atoms with Gasteiger partial charge in [-0.1, -0.05) is 96.0 Å². The predicted molar refractivity (Wildman–Crippen MR) is 189 cm³/mol. The van der Waals surface area contributed by atoms with E-state index in [4.69, 9.17) is 42.1 Å². The van der Waals surface area contributed by atoms with Crippen molar-refractivity contribution in [2.24, 2.45) is 0 Å². The smallest absolute Gasteiger partial charge is 0.407 e. The molecule has 49 heavy (non-hydrogen) atoms. The topological polar surface area (TPSA) is 124 Å². The van der Waals surface area contributed by atoms with Crippen molar-refractivity contribution in [3.63, 3.8) is 0 Å². The van der Waals surface area contributed by atoms with E-state index in [2.05, 4.69) is 40.2 Å². The van der Waals surface area contributed by atoms with Crippen LogP contribution in [0.25, 0.3) is 11.1 Å². The maximum absolute atomic E-state index is 12.4. The fraction of sp³-hybridized carbons (Fsp3) is 0.270. The first-order valence-corrected chi connectivity index (χ1v) is 16.6. The number of para-hydroxylation sites is 2. The molecule has 1 aliphatic carbocycles. The Labute approximate surface area is 295 Å². The number of rotatable bonds is 17. The number of halogens is 2. The quantitative estimate of drug-likeness (QED) is 0.0839. The van der Waals surface area contributed by atoms with E-state index >= 15 is 0 Å². The van der Waals surface area contributed by atoms with Crippen LogP contribution in [0.1, 0.15) is 22.6 Å². The number of esters is 1. The highest BCUT2D eigenvalue weighted by Crippen LogP contribution is 2.44. The largest absolute Gasteiger partial charge is 0.464 e. The summed E-state index contributed by atoms with van der Waals surface area (Å²) in [6.45, 7) is 1.20. The van der Waals surface area contributed by atoms with Crippen LogP contribution in [-0.2, 0) is 35.0 Å². The Morgan fingerprint density at radius 1 is 0.653 bits per heavy atom. The standard InChI is InChI=1S/C37H37Cl2N3O7/c38-31-13-7-14-32(39)36(31)42-33-15-6-1-8-25(33)22-35(44)48-19-17-40-34(43)24-47-21-20-46-18-16-41-37(45)49-23-30-28-11-4-2-9-26(28)27-10-3-5-12-29(27)30/h1-15,30,42H,16-24H2,(H,40,43)(H,41,45). The zero-order chi connectivity index (χ0) is 34.4. The fourth-order valence-corrected chi connectivity index (χ4v) is 5.91. The summed E-state index contributed by atoms with van der Waals surface area (Å²) >= 11 is 12.5. The average molecular weight is 707 g/mol. The minimum atomic E-state index is -0.510. The Balaban J connectivity index is 0.879. The van der Waals surface area contributed by atoms with Crippen LogP contribution in [0.4, 0.5) is 16.2 Å². The highest BCUT2D eigenvalue weighted by molar-refractivity contribution is 6.39. The van der Waals surface area contributed by atoms with Crippen LogP contribution < -0.4 is 16.0 Å². The van der Waals surface area contributed by atoms with Crippen LogP contribution in [-0.4, -0.2) is 70.7 Å². The molecule has 10 nitrogen and oxygen atoms in total. The third kappa shape index (κ3) is 10.2. The fourth-order valence-electron chi connectivity index (χ4n) is 5.42. The lowest BCUT2D eigenvalue weighted by molar-refractivity contribution is -0.143. The van der Waals surface area contributed by atoms with Gasteiger partial charge in [-0.2, -0.15) is 0 Å². The lowest BCUT2D eigenvalue weighted by Crippen LogP contribution is -2.32. The van der Waals surface area contributed by atoms with Crippen molar-refractivity contribution in [3.8, 4) is 11.1 Å². The molecule has 3 N–H and O–H groups in total. The van der Waals surface area contributed by atoms with Crippen molar-refractivity contribution in [3.05, 3.63) is 118 Å². The van der Waals surface area contributed by atoms with E-state index in [9.17, 15) is 14.4 Å². The molecule has 0 unspecified atom stereocenters. The molecule has 12 heteroatoms. The zero-order valence-electron chi connectivity index (χ0n) is 26.7. The van der Waals surface area contributed by atoms with Crippen molar-refractivity contribution in [1.29, 1.82) is 0 Å². The lowest BCUT2D eigenvalue weighted by Gasteiger charge is -2.14. The van der Waals surface area contributed by atoms with Gasteiger partial charge in [-0.25, -0.2) is 4.79 Å². The average Bonchev–Trinajstić information content (AvgIpc) is 3.42.